The van der Waals surface area contributed by atoms with E-state index in [0.717, 1.165) is 24.0 Å². The zero-order valence-corrected chi connectivity index (χ0v) is 24.7. The lowest BCUT2D eigenvalue weighted by atomic mass is 9.66. The molecule has 0 atom stereocenters. The highest BCUT2D eigenvalue weighted by Gasteiger charge is 2.35. The van der Waals surface area contributed by atoms with Gasteiger partial charge in [0.05, 0.1) is 0 Å². The van der Waals surface area contributed by atoms with Crippen molar-refractivity contribution in [2.45, 2.75) is 56.8 Å². The Kier molecular flexibility index (Phi) is 10.4. The zero-order valence-electron chi connectivity index (χ0n) is 24.7. The Morgan fingerprint density at radius 3 is 1.53 bits per heavy atom. The first-order valence-corrected chi connectivity index (χ1v) is 15.4. The molecule has 0 unspecified atom stereocenters. The molecule has 0 aliphatic heterocycles. The molecule has 3 heteroatoms. The molecule has 0 fully saturated rings. The van der Waals surface area contributed by atoms with E-state index >= 15 is 0 Å². The van der Waals surface area contributed by atoms with Gasteiger partial charge in [-0.2, -0.15) is 0 Å². The Labute approximate surface area is 255 Å². The first kappa shape index (κ1) is 29.8. The van der Waals surface area contributed by atoms with E-state index in [1.165, 1.54) is 60.8 Å². The van der Waals surface area contributed by atoms with E-state index < -0.39 is 6.16 Å². The quantitative estimate of drug-likeness (QED) is 0.0627. The van der Waals surface area contributed by atoms with Gasteiger partial charge in [0.15, 0.2) is 0 Å². The van der Waals surface area contributed by atoms with Crippen molar-refractivity contribution in [3.8, 4) is 16.9 Å². The SMILES string of the molecule is O=C(O)Oc1ccccc1-c1ccc(CCCCCCCCC(c2ccccc2)(c2ccccc2)c2ccccc2)cc1. The van der Waals surface area contributed by atoms with E-state index in [2.05, 4.69) is 115 Å². The number of ether oxygens (including phenoxy) is 1. The Bertz CT molecular complexity index is 1450. The van der Waals surface area contributed by atoms with Crippen molar-refractivity contribution in [2.75, 3.05) is 0 Å². The molecule has 0 saturated heterocycles. The first-order chi connectivity index (χ1) is 21.2. The van der Waals surface area contributed by atoms with Gasteiger partial charge in [-0.3, -0.25) is 0 Å². The van der Waals surface area contributed by atoms with Crippen molar-refractivity contribution in [3.63, 3.8) is 0 Å². The molecule has 1 N–H and O–H groups in total. The summed E-state index contributed by atoms with van der Waals surface area (Å²) in [5.74, 6) is 0.358. The second-order valence-electron chi connectivity index (χ2n) is 11.2. The van der Waals surface area contributed by atoms with Crippen LogP contribution in [0, 0.1) is 0 Å². The Balaban J connectivity index is 1.13. The Morgan fingerprint density at radius 1 is 0.535 bits per heavy atom. The van der Waals surface area contributed by atoms with Crippen LogP contribution >= 0.6 is 0 Å². The highest BCUT2D eigenvalue weighted by Crippen LogP contribution is 2.43. The minimum absolute atomic E-state index is 0.157. The molecular formula is C40H40O3. The van der Waals surface area contributed by atoms with Gasteiger partial charge in [0.2, 0.25) is 0 Å². The van der Waals surface area contributed by atoms with Crippen LogP contribution in [0.25, 0.3) is 11.1 Å². The zero-order chi connectivity index (χ0) is 29.7. The van der Waals surface area contributed by atoms with Crippen molar-refractivity contribution in [1.82, 2.24) is 0 Å². The van der Waals surface area contributed by atoms with Crippen LogP contribution in [0.4, 0.5) is 4.79 Å². The van der Waals surface area contributed by atoms with Crippen molar-refractivity contribution in [1.29, 1.82) is 0 Å². The van der Waals surface area contributed by atoms with Crippen LogP contribution in [-0.2, 0) is 11.8 Å². The minimum Gasteiger partial charge on any atom is -0.449 e. The number of benzene rings is 5. The Morgan fingerprint density at radius 2 is 1.00 bits per heavy atom. The van der Waals surface area contributed by atoms with Crippen LogP contribution in [0.3, 0.4) is 0 Å². The summed E-state index contributed by atoms with van der Waals surface area (Å²) in [5, 5.41) is 9.03. The summed E-state index contributed by atoms with van der Waals surface area (Å²) in [6, 6.07) is 48.6. The summed E-state index contributed by atoms with van der Waals surface area (Å²) in [6.45, 7) is 0. The molecular weight excluding hydrogens is 528 g/mol. The number of hydrogen-bond donors (Lipinski definition) is 1. The summed E-state index contributed by atoms with van der Waals surface area (Å²) in [4.78, 5) is 11.0. The molecule has 5 aromatic rings. The van der Waals surface area contributed by atoms with E-state index in [1.807, 2.05) is 12.1 Å². The van der Waals surface area contributed by atoms with Crippen molar-refractivity contribution in [2.24, 2.45) is 0 Å². The average Bonchev–Trinajstić information content (AvgIpc) is 3.06. The molecule has 218 valence electrons. The van der Waals surface area contributed by atoms with Gasteiger partial charge < -0.3 is 9.84 Å². The van der Waals surface area contributed by atoms with Gasteiger partial charge in [-0.25, -0.2) is 4.79 Å². The lowest BCUT2D eigenvalue weighted by molar-refractivity contribution is 0.144. The molecule has 3 nitrogen and oxygen atoms in total. The molecule has 0 saturated carbocycles. The van der Waals surface area contributed by atoms with Crippen LogP contribution in [0.1, 0.15) is 67.2 Å². The minimum atomic E-state index is -1.30. The maximum atomic E-state index is 11.0. The smallest absolute Gasteiger partial charge is 0.449 e. The molecule has 0 heterocycles. The lowest BCUT2D eigenvalue weighted by Gasteiger charge is -2.36. The maximum Gasteiger partial charge on any atom is 0.511 e. The van der Waals surface area contributed by atoms with E-state index in [-0.39, 0.29) is 5.41 Å². The van der Waals surface area contributed by atoms with Crippen molar-refractivity contribution < 1.29 is 14.6 Å². The molecule has 0 aliphatic rings. The summed E-state index contributed by atoms with van der Waals surface area (Å²) in [5.41, 5.74) is 6.96. The van der Waals surface area contributed by atoms with Crippen LogP contribution in [0.5, 0.6) is 5.75 Å². The number of aryl methyl sites for hydroxylation is 1. The largest absolute Gasteiger partial charge is 0.511 e. The molecule has 0 amide bonds. The topological polar surface area (TPSA) is 46.5 Å². The second kappa shape index (κ2) is 15.0. The van der Waals surface area contributed by atoms with E-state index in [1.54, 1.807) is 12.1 Å². The van der Waals surface area contributed by atoms with Gasteiger partial charge in [-0.15, -0.1) is 0 Å². The normalized spacial score (nSPS) is 11.3. The molecule has 5 aromatic carbocycles. The number of carbonyl (C=O) groups is 1. The highest BCUT2D eigenvalue weighted by atomic mass is 16.7. The van der Waals surface area contributed by atoms with E-state index in [9.17, 15) is 4.79 Å². The molecule has 43 heavy (non-hydrogen) atoms. The maximum absolute atomic E-state index is 11.0. The van der Waals surface area contributed by atoms with Crippen LogP contribution in [-0.4, -0.2) is 11.3 Å². The van der Waals surface area contributed by atoms with Gasteiger partial charge in [0.1, 0.15) is 5.75 Å². The number of para-hydroxylation sites is 1. The van der Waals surface area contributed by atoms with E-state index in [0.29, 0.717) is 5.75 Å². The first-order valence-electron chi connectivity index (χ1n) is 15.4. The number of hydrogen-bond acceptors (Lipinski definition) is 2. The molecule has 0 aromatic heterocycles. The van der Waals surface area contributed by atoms with Crippen LogP contribution < -0.4 is 4.74 Å². The van der Waals surface area contributed by atoms with Gasteiger partial charge in [-0.1, -0.05) is 166 Å². The van der Waals surface area contributed by atoms with Gasteiger partial charge >= 0.3 is 6.16 Å². The lowest BCUT2D eigenvalue weighted by Crippen LogP contribution is -2.29. The third-order valence-electron chi connectivity index (χ3n) is 8.42. The molecule has 0 bridgehead atoms. The average molecular weight is 569 g/mol. The number of carboxylic acid groups (broad SMARTS) is 1. The fourth-order valence-corrected chi connectivity index (χ4v) is 6.27. The van der Waals surface area contributed by atoms with Crippen molar-refractivity contribution in [3.05, 3.63) is 162 Å². The number of unbranched alkanes of at least 4 members (excludes halogenated alkanes) is 5. The third-order valence-corrected chi connectivity index (χ3v) is 8.42. The predicted octanol–water partition coefficient (Wildman–Crippen LogP) is 10.7. The summed E-state index contributed by atoms with van der Waals surface area (Å²) < 4.78 is 4.95. The van der Waals surface area contributed by atoms with Gasteiger partial charge in [0, 0.05) is 11.0 Å². The Hall–Kier alpha value is -4.63. The van der Waals surface area contributed by atoms with Crippen molar-refractivity contribution >= 4 is 6.16 Å². The molecule has 5 rings (SSSR count). The van der Waals surface area contributed by atoms with Crippen LogP contribution in [0.15, 0.2) is 140 Å². The monoisotopic (exact) mass is 568 g/mol. The highest BCUT2D eigenvalue weighted by molar-refractivity contribution is 5.74. The van der Waals surface area contributed by atoms with Crippen LogP contribution in [0.2, 0.25) is 0 Å². The predicted molar refractivity (Wildman–Crippen MR) is 176 cm³/mol. The summed E-state index contributed by atoms with van der Waals surface area (Å²) in [7, 11) is 0. The molecule has 0 radical (unpaired) electrons. The standard InChI is InChI=1S/C40H40O3/c41-39(42)43-38-26-16-15-25-37(38)33-29-27-32(28-30-33)18-8-3-1-2-4-17-31-40(34-19-9-5-10-20-34,35-21-11-6-12-22-35)36-23-13-7-14-24-36/h5-7,9-16,19-30H,1-4,8,17-18,31H2,(H,41,42). The fraction of sp³-hybridized carbons (Fsp3) is 0.225. The second-order valence-corrected chi connectivity index (χ2v) is 11.2. The molecule has 0 spiro atoms. The summed E-state index contributed by atoms with van der Waals surface area (Å²) in [6.07, 6.45) is 8.10. The third kappa shape index (κ3) is 7.61. The fourth-order valence-electron chi connectivity index (χ4n) is 6.27. The van der Waals surface area contributed by atoms with Gasteiger partial charge in [0.25, 0.3) is 0 Å². The molecule has 0 aliphatic carbocycles. The number of rotatable bonds is 14. The summed E-state index contributed by atoms with van der Waals surface area (Å²) >= 11 is 0. The van der Waals surface area contributed by atoms with E-state index in [4.69, 9.17) is 9.84 Å². The van der Waals surface area contributed by atoms with Gasteiger partial charge in [-0.05, 0) is 53.1 Å².